The highest BCUT2D eigenvalue weighted by Gasteiger charge is 2.43. The predicted molar refractivity (Wildman–Crippen MR) is 37.4 cm³/mol. The summed E-state index contributed by atoms with van der Waals surface area (Å²) in [5.41, 5.74) is 0.350. The Kier molecular flexibility index (Phi) is 0.945. The van der Waals surface area contributed by atoms with Crippen LogP contribution in [0, 0.1) is 0 Å². The van der Waals surface area contributed by atoms with Crippen LogP contribution in [0.2, 0.25) is 0 Å². The molecule has 2 aliphatic heterocycles. The van der Waals surface area contributed by atoms with Crippen molar-refractivity contribution in [2.75, 3.05) is 6.54 Å². The Balaban J connectivity index is 2.18. The lowest BCUT2D eigenvalue weighted by Crippen LogP contribution is -2.55. The topological polar surface area (TPSA) is 24.1 Å². The van der Waals surface area contributed by atoms with E-state index in [0.717, 1.165) is 12.1 Å². The van der Waals surface area contributed by atoms with Gasteiger partial charge >= 0.3 is 0 Å². The van der Waals surface area contributed by atoms with Gasteiger partial charge in [0.2, 0.25) is 0 Å². The third-order valence-corrected chi connectivity index (χ3v) is 2.58. The second-order valence-electron chi connectivity index (χ2n) is 3.76. The number of hydrogen-bond donors (Lipinski definition) is 2. The summed E-state index contributed by atoms with van der Waals surface area (Å²) < 4.78 is 0. The van der Waals surface area contributed by atoms with Crippen molar-refractivity contribution in [3.8, 4) is 0 Å². The molecule has 2 atom stereocenters. The lowest BCUT2D eigenvalue weighted by Gasteiger charge is -2.31. The molecular weight excluding hydrogens is 112 g/mol. The van der Waals surface area contributed by atoms with Crippen molar-refractivity contribution >= 4 is 0 Å². The zero-order valence-corrected chi connectivity index (χ0v) is 6.07. The summed E-state index contributed by atoms with van der Waals surface area (Å²) in [6.07, 6.45) is 1.33. The molecule has 2 bridgehead atoms. The van der Waals surface area contributed by atoms with E-state index in [1.54, 1.807) is 0 Å². The van der Waals surface area contributed by atoms with Gasteiger partial charge in [0.05, 0.1) is 0 Å². The van der Waals surface area contributed by atoms with Crippen LogP contribution in [0.25, 0.3) is 0 Å². The highest BCUT2D eigenvalue weighted by atomic mass is 15.2. The van der Waals surface area contributed by atoms with E-state index >= 15 is 0 Å². The Morgan fingerprint density at radius 2 is 2.22 bits per heavy atom. The Morgan fingerprint density at radius 1 is 1.44 bits per heavy atom. The van der Waals surface area contributed by atoms with Crippen molar-refractivity contribution in [3.05, 3.63) is 0 Å². The molecular formula is C7H14N2. The molecule has 0 aromatic heterocycles. The molecule has 2 saturated heterocycles. The molecule has 0 saturated carbocycles. The summed E-state index contributed by atoms with van der Waals surface area (Å²) >= 11 is 0. The number of nitrogens with one attached hydrogen (secondary N) is 2. The Labute approximate surface area is 56.0 Å². The summed E-state index contributed by atoms with van der Waals surface area (Å²) in [6.45, 7) is 5.71. The first-order chi connectivity index (χ1) is 4.18. The molecule has 0 aliphatic carbocycles. The molecule has 2 heteroatoms. The van der Waals surface area contributed by atoms with E-state index in [1.807, 2.05) is 0 Å². The standard InChI is InChI=1S/C7H14N2/c1-7(2)6-3-5(9-7)4-8-6/h5-6,8-9H,3-4H2,1-2H3. The Hall–Kier alpha value is -0.0800. The fraction of sp³-hybridized carbons (Fsp3) is 1.00. The van der Waals surface area contributed by atoms with Gasteiger partial charge in [0.1, 0.15) is 0 Å². The van der Waals surface area contributed by atoms with Crippen LogP contribution in [0.3, 0.4) is 0 Å². The van der Waals surface area contributed by atoms with E-state index in [0.29, 0.717) is 5.54 Å². The van der Waals surface area contributed by atoms with E-state index in [2.05, 4.69) is 24.5 Å². The minimum absolute atomic E-state index is 0.350. The molecule has 9 heavy (non-hydrogen) atoms. The second kappa shape index (κ2) is 1.50. The number of fused-ring (bicyclic) bond motifs is 2. The van der Waals surface area contributed by atoms with Crippen LogP contribution in [0.1, 0.15) is 20.3 Å². The highest BCUT2D eigenvalue weighted by Crippen LogP contribution is 2.27. The van der Waals surface area contributed by atoms with Crippen LogP contribution in [-0.2, 0) is 0 Å². The average Bonchev–Trinajstić information content (AvgIpc) is 2.19. The van der Waals surface area contributed by atoms with Crippen LogP contribution in [0.15, 0.2) is 0 Å². The molecule has 2 aliphatic rings. The van der Waals surface area contributed by atoms with Gasteiger partial charge in [-0.15, -0.1) is 0 Å². The van der Waals surface area contributed by atoms with Crippen molar-refractivity contribution in [2.45, 2.75) is 37.9 Å². The van der Waals surface area contributed by atoms with Gasteiger partial charge in [-0.1, -0.05) is 0 Å². The smallest absolute Gasteiger partial charge is 0.0281 e. The first-order valence-electron chi connectivity index (χ1n) is 3.69. The van der Waals surface area contributed by atoms with Crippen molar-refractivity contribution in [1.29, 1.82) is 0 Å². The highest BCUT2D eigenvalue weighted by molar-refractivity contribution is 5.07. The lowest BCUT2D eigenvalue weighted by atomic mass is 9.98. The largest absolute Gasteiger partial charge is 0.311 e. The van der Waals surface area contributed by atoms with Crippen molar-refractivity contribution in [2.24, 2.45) is 0 Å². The molecule has 52 valence electrons. The summed E-state index contributed by atoms with van der Waals surface area (Å²) in [5.74, 6) is 0. The van der Waals surface area contributed by atoms with Gasteiger partial charge in [0.25, 0.3) is 0 Å². The molecule has 0 amide bonds. The minimum atomic E-state index is 0.350. The maximum absolute atomic E-state index is 3.57. The normalized spacial score (nSPS) is 46.0. The maximum Gasteiger partial charge on any atom is 0.0281 e. The molecule has 2 heterocycles. The number of piperazine rings is 1. The van der Waals surface area contributed by atoms with Crippen LogP contribution >= 0.6 is 0 Å². The first kappa shape index (κ1) is 5.69. The third kappa shape index (κ3) is 0.700. The summed E-state index contributed by atoms with van der Waals surface area (Å²) in [4.78, 5) is 0. The monoisotopic (exact) mass is 126 g/mol. The molecule has 2 rings (SSSR count). The summed E-state index contributed by atoms with van der Waals surface area (Å²) in [6, 6.07) is 1.48. The lowest BCUT2D eigenvalue weighted by molar-refractivity contribution is 0.313. The maximum atomic E-state index is 3.57. The van der Waals surface area contributed by atoms with E-state index in [1.165, 1.54) is 13.0 Å². The van der Waals surface area contributed by atoms with Crippen molar-refractivity contribution in [3.63, 3.8) is 0 Å². The Morgan fingerprint density at radius 3 is 2.44 bits per heavy atom. The molecule has 0 radical (unpaired) electrons. The van der Waals surface area contributed by atoms with Gasteiger partial charge in [0.15, 0.2) is 0 Å². The van der Waals surface area contributed by atoms with Gasteiger partial charge in [-0.3, -0.25) is 0 Å². The number of hydrogen-bond acceptors (Lipinski definition) is 2. The van der Waals surface area contributed by atoms with Crippen LogP contribution in [0.4, 0.5) is 0 Å². The van der Waals surface area contributed by atoms with E-state index in [9.17, 15) is 0 Å². The molecule has 0 spiro atoms. The van der Waals surface area contributed by atoms with Gasteiger partial charge in [-0.25, -0.2) is 0 Å². The van der Waals surface area contributed by atoms with Gasteiger partial charge < -0.3 is 10.6 Å². The first-order valence-corrected chi connectivity index (χ1v) is 3.69. The molecule has 2 nitrogen and oxygen atoms in total. The van der Waals surface area contributed by atoms with Crippen LogP contribution < -0.4 is 10.6 Å². The van der Waals surface area contributed by atoms with Gasteiger partial charge in [-0.05, 0) is 20.3 Å². The predicted octanol–water partition coefficient (Wildman–Crippen LogP) is 0.0987. The van der Waals surface area contributed by atoms with Gasteiger partial charge in [0, 0.05) is 24.2 Å². The molecule has 0 aromatic carbocycles. The fourth-order valence-electron chi connectivity index (χ4n) is 2.02. The summed E-state index contributed by atoms with van der Waals surface area (Å²) in [5, 5.41) is 7.05. The summed E-state index contributed by atoms with van der Waals surface area (Å²) in [7, 11) is 0. The zero-order chi connectivity index (χ0) is 6.48. The van der Waals surface area contributed by atoms with Crippen molar-refractivity contribution < 1.29 is 0 Å². The van der Waals surface area contributed by atoms with Gasteiger partial charge in [-0.2, -0.15) is 0 Å². The Bertz CT molecular complexity index is 131. The van der Waals surface area contributed by atoms with E-state index < -0.39 is 0 Å². The third-order valence-electron chi connectivity index (χ3n) is 2.58. The minimum Gasteiger partial charge on any atom is -0.311 e. The quantitative estimate of drug-likeness (QED) is 0.481. The van der Waals surface area contributed by atoms with Crippen LogP contribution in [0.5, 0.6) is 0 Å². The zero-order valence-electron chi connectivity index (χ0n) is 6.07. The fourth-order valence-corrected chi connectivity index (χ4v) is 2.02. The van der Waals surface area contributed by atoms with Crippen molar-refractivity contribution in [1.82, 2.24) is 10.6 Å². The SMILES string of the molecule is CC1(C)NC2CNC1C2. The second-order valence-corrected chi connectivity index (χ2v) is 3.76. The van der Waals surface area contributed by atoms with E-state index in [4.69, 9.17) is 0 Å². The molecule has 2 unspecified atom stereocenters. The molecule has 0 aromatic rings. The number of rotatable bonds is 0. The van der Waals surface area contributed by atoms with E-state index in [-0.39, 0.29) is 0 Å². The van der Waals surface area contributed by atoms with Crippen LogP contribution in [-0.4, -0.2) is 24.2 Å². The molecule has 2 fully saturated rings. The molecule has 2 N–H and O–H groups in total. The average molecular weight is 126 g/mol.